The SMILES string of the molecule is Nc1cccc(NC(=O)C23CC(CO)(C2)OC32CCC2)c1. The van der Waals surface area contributed by atoms with E-state index in [-0.39, 0.29) is 18.1 Å². The van der Waals surface area contributed by atoms with E-state index in [0.29, 0.717) is 18.5 Å². The lowest BCUT2D eigenvalue weighted by atomic mass is 9.51. The number of ether oxygens (including phenoxy) is 1. The van der Waals surface area contributed by atoms with Crippen LogP contribution in [-0.4, -0.2) is 28.8 Å². The number of aliphatic hydroxyl groups excluding tert-OH is 1. The Labute approximate surface area is 123 Å². The third-order valence-corrected chi connectivity index (χ3v) is 5.56. The van der Waals surface area contributed by atoms with Crippen molar-refractivity contribution in [1.82, 2.24) is 0 Å². The van der Waals surface area contributed by atoms with Gasteiger partial charge in [0.2, 0.25) is 5.91 Å². The average Bonchev–Trinajstić information content (AvgIpc) is 2.85. The van der Waals surface area contributed by atoms with E-state index in [1.807, 2.05) is 12.1 Å². The van der Waals surface area contributed by atoms with E-state index in [1.54, 1.807) is 12.1 Å². The van der Waals surface area contributed by atoms with Crippen LogP contribution in [0.25, 0.3) is 0 Å². The summed E-state index contributed by atoms with van der Waals surface area (Å²) < 4.78 is 6.15. The fourth-order valence-electron chi connectivity index (χ4n) is 4.41. The summed E-state index contributed by atoms with van der Waals surface area (Å²) >= 11 is 0. The van der Waals surface area contributed by atoms with Crippen molar-refractivity contribution in [3.05, 3.63) is 24.3 Å². The molecule has 0 aromatic heterocycles. The first kappa shape index (κ1) is 13.1. The van der Waals surface area contributed by atoms with Crippen LogP contribution < -0.4 is 11.1 Å². The molecule has 5 nitrogen and oxygen atoms in total. The van der Waals surface area contributed by atoms with Gasteiger partial charge in [0, 0.05) is 11.4 Å². The van der Waals surface area contributed by atoms with Gasteiger partial charge in [0.25, 0.3) is 0 Å². The summed E-state index contributed by atoms with van der Waals surface area (Å²) in [5.41, 5.74) is 5.80. The van der Waals surface area contributed by atoms with Gasteiger partial charge < -0.3 is 20.9 Å². The molecule has 1 spiro atoms. The van der Waals surface area contributed by atoms with E-state index in [9.17, 15) is 9.90 Å². The number of amides is 1. The summed E-state index contributed by atoms with van der Waals surface area (Å²) in [5, 5.41) is 12.6. The van der Waals surface area contributed by atoms with Gasteiger partial charge >= 0.3 is 0 Å². The molecule has 1 aromatic rings. The highest BCUT2D eigenvalue weighted by Gasteiger charge is 2.78. The van der Waals surface area contributed by atoms with Crippen LogP contribution in [0.2, 0.25) is 0 Å². The molecule has 1 aromatic carbocycles. The molecule has 2 heterocycles. The van der Waals surface area contributed by atoms with E-state index < -0.39 is 11.0 Å². The number of rotatable bonds is 3. The van der Waals surface area contributed by atoms with Crippen LogP contribution in [0.15, 0.2) is 24.3 Å². The normalized spacial score (nSPS) is 35.1. The van der Waals surface area contributed by atoms with Crippen molar-refractivity contribution < 1.29 is 14.6 Å². The summed E-state index contributed by atoms with van der Waals surface area (Å²) in [6, 6.07) is 7.22. The highest BCUT2D eigenvalue weighted by Crippen LogP contribution is 2.72. The van der Waals surface area contributed by atoms with Crippen molar-refractivity contribution in [1.29, 1.82) is 0 Å². The largest absolute Gasteiger partial charge is 0.399 e. The Morgan fingerprint density at radius 1 is 1.38 bits per heavy atom. The topological polar surface area (TPSA) is 84.6 Å². The van der Waals surface area contributed by atoms with E-state index in [1.165, 1.54) is 0 Å². The fourth-order valence-corrected chi connectivity index (χ4v) is 4.41. The molecule has 2 aliphatic heterocycles. The van der Waals surface area contributed by atoms with Crippen LogP contribution in [0.3, 0.4) is 0 Å². The van der Waals surface area contributed by atoms with Crippen molar-refractivity contribution in [3.8, 4) is 0 Å². The minimum atomic E-state index is -0.479. The van der Waals surface area contributed by atoms with Crippen molar-refractivity contribution >= 4 is 17.3 Å². The molecular formula is C16H20N2O3. The van der Waals surface area contributed by atoms with Crippen LogP contribution in [0.4, 0.5) is 11.4 Å². The lowest BCUT2D eigenvalue weighted by Crippen LogP contribution is -2.59. The molecule has 0 unspecified atom stereocenters. The van der Waals surface area contributed by atoms with Crippen LogP contribution in [-0.2, 0) is 9.53 Å². The first-order chi connectivity index (χ1) is 10.0. The molecule has 5 heteroatoms. The van der Waals surface area contributed by atoms with Crippen molar-refractivity contribution in [2.75, 3.05) is 17.7 Å². The molecule has 0 radical (unpaired) electrons. The molecule has 112 valence electrons. The number of carbonyl (C=O) groups excluding carboxylic acids is 1. The Bertz CT molecular complexity index is 603. The Morgan fingerprint density at radius 3 is 2.71 bits per heavy atom. The standard InChI is InChI=1S/C16H20N2O3/c17-11-3-1-4-12(7-11)18-13(20)15-8-14(9-15,10-19)21-16(15)5-2-6-16/h1,3-4,7,19H,2,5-6,8-10,17H2,(H,18,20). The number of hydrogen-bond acceptors (Lipinski definition) is 4. The second-order valence-electron chi connectivity index (χ2n) is 6.81. The quantitative estimate of drug-likeness (QED) is 0.739. The maximum atomic E-state index is 12.8. The second-order valence-corrected chi connectivity index (χ2v) is 6.81. The highest BCUT2D eigenvalue weighted by molar-refractivity contribution is 5.98. The van der Waals surface area contributed by atoms with Gasteiger partial charge in [-0.05, 0) is 50.3 Å². The maximum Gasteiger partial charge on any atom is 0.233 e. The van der Waals surface area contributed by atoms with Crippen LogP contribution in [0, 0.1) is 5.41 Å². The maximum absolute atomic E-state index is 12.8. The average molecular weight is 288 g/mol. The molecule has 1 amide bonds. The summed E-state index contributed by atoms with van der Waals surface area (Å²) in [6.07, 6.45) is 4.18. The number of anilines is 2. The van der Waals surface area contributed by atoms with Crippen molar-refractivity contribution in [3.63, 3.8) is 0 Å². The number of carbonyl (C=O) groups is 1. The Balaban J connectivity index is 1.60. The number of nitrogens with one attached hydrogen (secondary N) is 1. The Morgan fingerprint density at radius 2 is 2.14 bits per heavy atom. The second kappa shape index (κ2) is 3.99. The lowest BCUT2D eigenvalue weighted by Gasteiger charge is -2.49. The summed E-state index contributed by atoms with van der Waals surface area (Å²) in [7, 11) is 0. The number of aliphatic hydroxyl groups is 1. The van der Waals surface area contributed by atoms with Gasteiger partial charge in [-0.1, -0.05) is 6.07 Å². The van der Waals surface area contributed by atoms with Gasteiger partial charge in [-0.2, -0.15) is 0 Å². The molecule has 21 heavy (non-hydrogen) atoms. The predicted molar refractivity (Wildman–Crippen MR) is 78.6 cm³/mol. The van der Waals surface area contributed by atoms with Crippen LogP contribution in [0.1, 0.15) is 32.1 Å². The molecule has 4 N–H and O–H groups in total. The lowest BCUT2D eigenvalue weighted by molar-refractivity contribution is -0.141. The number of hydrogen-bond donors (Lipinski definition) is 3. The van der Waals surface area contributed by atoms with E-state index >= 15 is 0 Å². The van der Waals surface area contributed by atoms with Crippen molar-refractivity contribution in [2.24, 2.45) is 5.41 Å². The highest BCUT2D eigenvalue weighted by atomic mass is 16.6. The molecule has 4 aliphatic rings. The van der Waals surface area contributed by atoms with Crippen LogP contribution in [0.5, 0.6) is 0 Å². The molecule has 4 fully saturated rings. The zero-order valence-corrected chi connectivity index (χ0v) is 11.9. The molecule has 2 saturated carbocycles. The first-order valence-electron chi connectivity index (χ1n) is 7.51. The zero-order chi connectivity index (χ0) is 14.7. The molecule has 2 aliphatic carbocycles. The number of nitrogen functional groups attached to an aromatic ring is 1. The summed E-state index contributed by atoms with van der Waals surface area (Å²) in [4.78, 5) is 12.8. The van der Waals surface area contributed by atoms with Crippen molar-refractivity contribution in [2.45, 2.75) is 43.3 Å². The molecule has 2 bridgehead atoms. The third-order valence-electron chi connectivity index (χ3n) is 5.56. The van der Waals surface area contributed by atoms with E-state index in [4.69, 9.17) is 10.5 Å². The fraction of sp³-hybridized carbons (Fsp3) is 0.562. The number of nitrogens with two attached hydrogens (primary N) is 1. The Kier molecular flexibility index (Phi) is 2.49. The zero-order valence-electron chi connectivity index (χ0n) is 11.9. The van der Waals surface area contributed by atoms with Gasteiger partial charge in [0.15, 0.2) is 0 Å². The minimum absolute atomic E-state index is 0.00205. The predicted octanol–water partition coefficient (Wildman–Crippen LogP) is 1.67. The monoisotopic (exact) mass is 288 g/mol. The minimum Gasteiger partial charge on any atom is -0.399 e. The molecule has 5 rings (SSSR count). The van der Waals surface area contributed by atoms with Gasteiger partial charge in [-0.25, -0.2) is 0 Å². The van der Waals surface area contributed by atoms with E-state index in [0.717, 1.165) is 24.9 Å². The molecule has 0 atom stereocenters. The van der Waals surface area contributed by atoms with Gasteiger partial charge in [-0.3, -0.25) is 4.79 Å². The molecular weight excluding hydrogens is 268 g/mol. The first-order valence-corrected chi connectivity index (χ1v) is 7.51. The summed E-state index contributed by atoms with van der Waals surface area (Å²) in [6.45, 7) is 0.00205. The molecule has 2 saturated heterocycles. The Hall–Kier alpha value is -1.59. The van der Waals surface area contributed by atoms with Gasteiger partial charge in [-0.15, -0.1) is 0 Å². The van der Waals surface area contributed by atoms with Gasteiger partial charge in [0.05, 0.1) is 23.2 Å². The third kappa shape index (κ3) is 1.56. The van der Waals surface area contributed by atoms with E-state index in [2.05, 4.69) is 5.32 Å². The van der Waals surface area contributed by atoms with Gasteiger partial charge in [0.1, 0.15) is 0 Å². The summed E-state index contributed by atoms with van der Waals surface area (Å²) in [5.74, 6) is 0.00868. The smallest absolute Gasteiger partial charge is 0.233 e. The van der Waals surface area contributed by atoms with Crippen LogP contribution >= 0.6 is 0 Å². The number of benzene rings is 1.